The molecular formula is C21H17ClN2O7. The predicted octanol–water partition coefficient (Wildman–Crippen LogP) is 2.87. The van der Waals surface area contributed by atoms with Crippen LogP contribution in [-0.2, 0) is 14.4 Å². The molecule has 1 fully saturated rings. The molecule has 0 radical (unpaired) electrons. The molecule has 10 heteroatoms. The minimum absolute atomic E-state index is 0.0270. The maximum absolute atomic E-state index is 13.0. The molecule has 0 bridgehead atoms. The van der Waals surface area contributed by atoms with Crippen LogP contribution in [0.2, 0.25) is 5.02 Å². The van der Waals surface area contributed by atoms with Crippen LogP contribution in [-0.4, -0.2) is 42.1 Å². The van der Waals surface area contributed by atoms with Crippen molar-refractivity contribution in [2.24, 2.45) is 0 Å². The normalized spacial score (nSPS) is 16.2. The fraction of sp³-hybridized carbons (Fsp3) is 0.143. The third-order valence-electron chi connectivity index (χ3n) is 4.34. The molecule has 1 aliphatic rings. The van der Waals surface area contributed by atoms with E-state index in [0.29, 0.717) is 5.02 Å². The van der Waals surface area contributed by atoms with Gasteiger partial charge in [0.2, 0.25) is 0 Å². The van der Waals surface area contributed by atoms with Gasteiger partial charge in [0.25, 0.3) is 11.8 Å². The van der Waals surface area contributed by atoms with Crippen molar-refractivity contribution in [3.8, 4) is 11.5 Å². The molecule has 1 heterocycles. The zero-order valence-corrected chi connectivity index (χ0v) is 17.2. The van der Waals surface area contributed by atoms with Gasteiger partial charge in [0, 0.05) is 10.6 Å². The number of methoxy groups -OCH3 is 1. The average Bonchev–Trinajstić information content (AvgIpc) is 2.71. The Morgan fingerprint density at radius 3 is 2.55 bits per heavy atom. The molecule has 2 aromatic rings. The molecule has 0 spiro atoms. The number of amides is 4. The summed E-state index contributed by atoms with van der Waals surface area (Å²) in [5, 5.41) is 11.6. The van der Waals surface area contributed by atoms with Crippen LogP contribution in [0.15, 0.2) is 48.0 Å². The van der Waals surface area contributed by atoms with Gasteiger partial charge in [0.1, 0.15) is 5.57 Å². The first kappa shape index (κ1) is 21.8. The van der Waals surface area contributed by atoms with Crippen LogP contribution in [0.25, 0.3) is 6.08 Å². The van der Waals surface area contributed by atoms with Crippen LogP contribution in [0, 0.1) is 0 Å². The zero-order valence-electron chi connectivity index (χ0n) is 16.4. The second kappa shape index (κ2) is 8.88. The lowest BCUT2D eigenvalue weighted by Gasteiger charge is -2.26. The number of halogens is 1. The number of ether oxygens (including phenoxy) is 2. The Kier molecular flexibility index (Phi) is 6.26. The van der Waals surface area contributed by atoms with E-state index in [2.05, 4.69) is 5.32 Å². The lowest BCUT2D eigenvalue weighted by Crippen LogP contribution is -2.54. The highest BCUT2D eigenvalue weighted by atomic mass is 35.5. The van der Waals surface area contributed by atoms with Crippen molar-refractivity contribution < 1.29 is 33.8 Å². The molecule has 31 heavy (non-hydrogen) atoms. The number of hydrogen-bond donors (Lipinski definition) is 2. The zero-order chi connectivity index (χ0) is 22.7. The Balaban J connectivity index is 2.08. The molecule has 9 nitrogen and oxygen atoms in total. The quantitative estimate of drug-likeness (QED) is 0.518. The lowest BCUT2D eigenvalue weighted by atomic mass is 10.1. The van der Waals surface area contributed by atoms with Crippen molar-refractivity contribution in [3.63, 3.8) is 0 Å². The van der Waals surface area contributed by atoms with E-state index >= 15 is 0 Å². The number of rotatable bonds is 6. The van der Waals surface area contributed by atoms with Gasteiger partial charge in [-0.1, -0.05) is 29.8 Å². The Bertz CT molecular complexity index is 1110. The summed E-state index contributed by atoms with van der Waals surface area (Å²) in [4.78, 5) is 49.7. The van der Waals surface area contributed by atoms with E-state index in [1.54, 1.807) is 18.2 Å². The van der Waals surface area contributed by atoms with E-state index in [4.69, 9.17) is 26.2 Å². The molecule has 0 unspecified atom stereocenters. The average molecular weight is 445 g/mol. The van der Waals surface area contributed by atoms with Gasteiger partial charge in [0.15, 0.2) is 17.6 Å². The largest absolute Gasteiger partial charge is 0.493 e. The molecule has 160 valence electrons. The third kappa shape index (κ3) is 4.51. The summed E-state index contributed by atoms with van der Waals surface area (Å²) >= 11 is 5.95. The minimum Gasteiger partial charge on any atom is -0.493 e. The van der Waals surface area contributed by atoms with Gasteiger partial charge >= 0.3 is 12.0 Å². The van der Waals surface area contributed by atoms with Crippen molar-refractivity contribution in [2.75, 3.05) is 12.0 Å². The molecular weight excluding hydrogens is 428 g/mol. The van der Waals surface area contributed by atoms with E-state index in [1.165, 1.54) is 44.4 Å². The Morgan fingerprint density at radius 1 is 1.19 bits per heavy atom. The van der Waals surface area contributed by atoms with Gasteiger partial charge in [-0.15, -0.1) is 0 Å². The van der Waals surface area contributed by atoms with Crippen molar-refractivity contribution in [1.29, 1.82) is 0 Å². The number of urea groups is 1. The van der Waals surface area contributed by atoms with Crippen molar-refractivity contribution in [1.82, 2.24) is 5.32 Å². The van der Waals surface area contributed by atoms with Crippen LogP contribution in [0.4, 0.5) is 10.5 Å². The van der Waals surface area contributed by atoms with Gasteiger partial charge in [-0.3, -0.25) is 14.9 Å². The second-order valence-corrected chi connectivity index (χ2v) is 6.85. The number of benzene rings is 2. The van der Waals surface area contributed by atoms with Gasteiger partial charge in [0.05, 0.1) is 12.8 Å². The van der Waals surface area contributed by atoms with E-state index < -0.39 is 29.9 Å². The molecule has 0 aliphatic carbocycles. The number of aliphatic carboxylic acids is 1. The summed E-state index contributed by atoms with van der Waals surface area (Å²) in [5.41, 5.74) is 0.0296. The summed E-state index contributed by atoms with van der Waals surface area (Å²) in [6.45, 7) is 1.32. The summed E-state index contributed by atoms with van der Waals surface area (Å²) in [6, 6.07) is 9.73. The highest BCUT2D eigenvalue weighted by Crippen LogP contribution is 2.34. The van der Waals surface area contributed by atoms with Crippen molar-refractivity contribution >= 4 is 47.2 Å². The van der Waals surface area contributed by atoms with E-state index in [1.807, 2.05) is 0 Å². The van der Waals surface area contributed by atoms with Gasteiger partial charge in [-0.25, -0.2) is 14.5 Å². The Morgan fingerprint density at radius 2 is 1.90 bits per heavy atom. The summed E-state index contributed by atoms with van der Waals surface area (Å²) in [6.07, 6.45) is -0.0254. The van der Waals surface area contributed by atoms with Crippen molar-refractivity contribution in [2.45, 2.75) is 13.0 Å². The fourth-order valence-corrected chi connectivity index (χ4v) is 3.01. The van der Waals surface area contributed by atoms with Gasteiger partial charge < -0.3 is 14.6 Å². The van der Waals surface area contributed by atoms with Gasteiger partial charge in [-0.2, -0.15) is 0 Å². The number of carboxylic acid groups (broad SMARTS) is 1. The van der Waals surface area contributed by atoms with Crippen LogP contribution in [0.1, 0.15) is 12.5 Å². The molecule has 2 N–H and O–H groups in total. The molecule has 2 aromatic carbocycles. The monoisotopic (exact) mass is 444 g/mol. The van der Waals surface area contributed by atoms with Crippen LogP contribution < -0.4 is 19.7 Å². The number of hydrogen-bond acceptors (Lipinski definition) is 6. The number of imide groups is 2. The number of barbiturate groups is 1. The first-order chi connectivity index (χ1) is 14.7. The van der Waals surface area contributed by atoms with Gasteiger partial charge in [-0.05, 0) is 37.3 Å². The SMILES string of the molecule is COc1cccc(/C=C2\C(=O)NC(=O)N(c3cccc(Cl)c3)C2=O)c1O[C@@H](C)C(=O)O. The molecule has 1 atom stereocenters. The van der Waals surface area contributed by atoms with E-state index in [-0.39, 0.29) is 28.3 Å². The topological polar surface area (TPSA) is 122 Å². The highest BCUT2D eigenvalue weighted by molar-refractivity contribution is 6.39. The predicted molar refractivity (Wildman–Crippen MR) is 111 cm³/mol. The number of carbonyl (C=O) groups is 4. The highest BCUT2D eigenvalue weighted by Gasteiger charge is 2.37. The van der Waals surface area contributed by atoms with Crippen LogP contribution in [0.5, 0.6) is 11.5 Å². The smallest absolute Gasteiger partial charge is 0.344 e. The Hall–Kier alpha value is -3.85. The third-order valence-corrected chi connectivity index (χ3v) is 4.57. The Labute approximate surface area is 181 Å². The molecule has 1 saturated heterocycles. The van der Waals surface area contributed by atoms with Crippen LogP contribution in [0.3, 0.4) is 0 Å². The molecule has 3 rings (SSSR count). The number of para-hydroxylation sites is 1. The van der Waals surface area contributed by atoms with Crippen molar-refractivity contribution in [3.05, 3.63) is 58.6 Å². The molecule has 1 aliphatic heterocycles. The van der Waals surface area contributed by atoms with E-state index in [9.17, 15) is 19.2 Å². The lowest BCUT2D eigenvalue weighted by molar-refractivity contribution is -0.144. The molecule has 0 saturated carbocycles. The summed E-state index contributed by atoms with van der Waals surface area (Å²) in [5.74, 6) is -2.77. The fourth-order valence-electron chi connectivity index (χ4n) is 2.82. The number of nitrogens with zero attached hydrogens (tertiary/aromatic N) is 1. The number of carbonyl (C=O) groups excluding carboxylic acids is 3. The van der Waals surface area contributed by atoms with Crippen LogP contribution >= 0.6 is 11.6 Å². The second-order valence-electron chi connectivity index (χ2n) is 6.41. The van der Waals surface area contributed by atoms with E-state index in [0.717, 1.165) is 4.90 Å². The summed E-state index contributed by atoms with van der Waals surface area (Å²) < 4.78 is 10.7. The minimum atomic E-state index is -1.23. The molecule has 0 aromatic heterocycles. The first-order valence-corrected chi connectivity index (χ1v) is 9.34. The summed E-state index contributed by atoms with van der Waals surface area (Å²) in [7, 11) is 1.36. The number of anilines is 1. The molecule has 4 amide bonds. The maximum atomic E-state index is 13.0. The standard InChI is InChI=1S/C21H17ClN2O7/c1-11(20(27)28)31-17-12(5-3-8-16(17)30-2)9-15-18(25)23-21(29)24(19(15)26)14-7-4-6-13(22)10-14/h3-11H,1-2H3,(H,27,28)(H,23,25,29)/b15-9+/t11-/m0/s1. The maximum Gasteiger partial charge on any atom is 0.344 e. The first-order valence-electron chi connectivity index (χ1n) is 8.96. The number of nitrogens with one attached hydrogen (secondary N) is 1. The number of carboxylic acids is 1.